The van der Waals surface area contributed by atoms with E-state index >= 15 is 0 Å². The minimum atomic E-state index is -4.50. The van der Waals surface area contributed by atoms with Crippen LogP contribution in [0.4, 0.5) is 10.5 Å². The molecule has 0 aromatic heterocycles. The lowest BCUT2D eigenvalue weighted by Crippen LogP contribution is -2.61. The van der Waals surface area contributed by atoms with Crippen LogP contribution >= 0.6 is 0 Å². The predicted octanol–water partition coefficient (Wildman–Crippen LogP) is 4.41. The molecule has 0 saturated carbocycles. The number of nitrogens with one attached hydrogen (secondary N) is 7. The lowest BCUT2D eigenvalue weighted by Gasteiger charge is -2.40. The maximum Gasteiger partial charge on any atom is 0.312 e. The average Bonchev–Trinajstić information content (AvgIpc) is 3.64. The normalized spacial score (nSPS) is 15.3. The Balaban J connectivity index is 1.72. The van der Waals surface area contributed by atoms with E-state index in [1.165, 1.54) is 54.3 Å². The molecule has 23 heteroatoms. The molecule has 2 aromatic rings. The third kappa shape index (κ3) is 20.5. The zero-order chi connectivity index (χ0) is 62.3. The number of benzene rings is 2. The van der Waals surface area contributed by atoms with Gasteiger partial charge in [-0.1, -0.05) is 126 Å². The van der Waals surface area contributed by atoms with Crippen molar-refractivity contribution in [3.8, 4) is 0 Å². The monoisotopic (exact) mass is 1160 g/mol. The maximum atomic E-state index is 14.4. The standard InChI is InChI=1S/C59H90N10O12S/c1-36(2)43(68(16)54(77)49(56(6,7)8)66-53(76)48(61-15)59(13,14)39-21-18-17-19-22-39)31-38(5)50(73)67-82(79,80)41-26-24-40(25-27-41)63-51(74)42(23-20-30-62-55(60)78)64-52(75)47(37(3)4)65-44(70)32-57(9,10)34-81-35-58(11,12)33-69-45(71)28-29-46(69)72/h17-19,21-22,24-29,31,36-37,42-43,47-49,61H,20,23,30,32-35H2,1-16H3,(H,63,74)(H,64,75)(H,65,70)(H,66,76)(H,67,73)(H3,60,62,78)/b38-31+/t42?,43-,47+,48-,49-/m1/s1. The number of carbonyl (C=O) groups excluding carboxylic acids is 9. The Labute approximate surface area is 484 Å². The molecule has 9 N–H and O–H groups in total. The fraction of sp³-hybridized carbons (Fsp3) is 0.576. The second-order valence-electron chi connectivity index (χ2n) is 25.0. The number of likely N-dealkylation sites (N-methyl/N-ethyl adjacent to an activating group) is 2. The van der Waals surface area contributed by atoms with Gasteiger partial charge in [0.1, 0.15) is 18.1 Å². The highest BCUT2D eigenvalue weighted by molar-refractivity contribution is 7.90. The predicted molar refractivity (Wildman–Crippen MR) is 314 cm³/mol. The van der Waals surface area contributed by atoms with E-state index in [1.807, 2.05) is 106 Å². The molecule has 0 aliphatic carbocycles. The number of rotatable bonds is 30. The van der Waals surface area contributed by atoms with Crippen molar-refractivity contribution in [3.05, 3.63) is 84.0 Å². The molecule has 3 rings (SSSR count). The Morgan fingerprint density at radius 2 is 1.32 bits per heavy atom. The Morgan fingerprint density at radius 3 is 1.84 bits per heavy atom. The van der Waals surface area contributed by atoms with Gasteiger partial charge in [0.05, 0.1) is 30.2 Å². The van der Waals surface area contributed by atoms with E-state index in [9.17, 15) is 51.6 Å². The smallest absolute Gasteiger partial charge is 0.312 e. The second-order valence-corrected chi connectivity index (χ2v) is 26.7. The third-order valence-corrected chi connectivity index (χ3v) is 15.4. The van der Waals surface area contributed by atoms with Crippen molar-refractivity contribution in [2.45, 2.75) is 157 Å². The number of carbonyl (C=O) groups is 9. The van der Waals surface area contributed by atoms with E-state index in [-0.39, 0.29) is 73.5 Å². The van der Waals surface area contributed by atoms with Gasteiger partial charge in [0.2, 0.25) is 29.5 Å². The molecular weight excluding hydrogens is 1070 g/mol. The van der Waals surface area contributed by atoms with Gasteiger partial charge in [0, 0.05) is 60.8 Å². The highest BCUT2D eigenvalue weighted by Crippen LogP contribution is 2.30. The fourth-order valence-corrected chi connectivity index (χ4v) is 10.3. The molecule has 0 spiro atoms. The van der Waals surface area contributed by atoms with Crippen molar-refractivity contribution in [3.63, 3.8) is 0 Å². The molecular formula is C59H90N10O12S. The number of ether oxygens (including phenoxy) is 1. The van der Waals surface area contributed by atoms with Gasteiger partial charge >= 0.3 is 6.03 Å². The highest BCUT2D eigenvalue weighted by Gasteiger charge is 2.42. The molecule has 0 saturated heterocycles. The van der Waals surface area contributed by atoms with Crippen molar-refractivity contribution in [1.82, 2.24) is 41.1 Å². The SMILES string of the molecule is CN[C@H](C(=O)N[C@H](C(=O)N(C)[C@H](/C=C(\C)C(=O)NS(=O)(=O)c1ccc(NC(=O)C(CCCNC(N)=O)NC(=O)[C@@H](NC(=O)CC(C)(C)COCC(C)(C)CN2C(=O)C=CC2=O)C(C)C)cc1)C(C)C)C(C)(C)C)C(C)(C)c1ccccc1. The Bertz CT molecular complexity index is 2770. The number of sulfonamides is 1. The van der Waals surface area contributed by atoms with Crippen molar-refractivity contribution in [1.29, 1.82) is 0 Å². The van der Waals surface area contributed by atoms with Crippen molar-refractivity contribution >= 4 is 69.0 Å². The molecule has 1 aliphatic heterocycles. The second kappa shape index (κ2) is 29.3. The van der Waals surface area contributed by atoms with Gasteiger partial charge in [0.15, 0.2) is 0 Å². The van der Waals surface area contributed by atoms with Crippen LogP contribution in [0, 0.1) is 28.1 Å². The summed E-state index contributed by atoms with van der Waals surface area (Å²) in [5.74, 6) is -5.06. The van der Waals surface area contributed by atoms with E-state index in [2.05, 4.69) is 36.6 Å². The number of hydrogen-bond donors (Lipinski definition) is 8. The summed E-state index contributed by atoms with van der Waals surface area (Å²) in [6.07, 6.45) is 4.11. The van der Waals surface area contributed by atoms with Crippen LogP contribution in [0.3, 0.4) is 0 Å². The minimum Gasteiger partial charge on any atom is -0.380 e. The van der Waals surface area contributed by atoms with Gasteiger partial charge in [-0.15, -0.1) is 0 Å². The number of primary amides is 1. The minimum absolute atomic E-state index is 0.00210. The Morgan fingerprint density at radius 1 is 0.744 bits per heavy atom. The first-order valence-electron chi connectivity index (χ1n) is 27.5. The number of anilines is 1. The Hall–Kier alpha value is -6.98. The lowest BCUT2D eigenvalue weighted by atomic mass is 9.76. The number of urea groups is 1. The molecule has 10 amide bonds. The first kappa shape index (κ1) is 69.3. The summed E-state index contributed by atoms with van der Waals surface area (Å²) >= 11 is 0. The molecule has 22 nitrogen and oxygen atoms in total. The first-order valence-corrected chi connectivity index (χ1v) is 29.0. The molecule has 0 radical (unpaired) electrons. The van der Waals surface area contributed by atoms with Gasteiger partial charge in [-0.3, -0.25) is 43.3 Å². The van der Waals surface area contributed by atoms with Gasteiger partial charge in [0.25, 0.3) is 27.7 Å². The van der Waals surface area contributed by atoms with Crippen LogP contribution in [-0.4, -0.2) is 142 Å². The van der Waals surface area contributed by atoms with E-state index in [1.54, 1.807) is 27.9 Å². The van der Waals surface area contributed by atoms with Crippen LogP contribution in [0.2, 0.25) is 0 Å². The van der Waals surface area contributed by atoms with Gasteiger partial charge in [-0.05, 0) is 79.3 Å². The summed E-state index contributed by atoms with van der Waals surface area (Å²) < 4.78 is 35.3. The summed E-state index contributed by atoms with van der Waals surface area (Å²) in [7, 11) is -1.24. The quantitative estimate of drug-likeness (QED) is 0.0306. The number of amides is 10. The van der Waals surface area contributed by atoms with Gasteiger partial charge in [-0.25, -0.2) is 17.9 Å². The molecule has 454 valence electrons. The van der Waals surface area contributed by atoms with Crippen LogP contribution < -0.4 is 42.4 Å². The van der Waals surface area contributed by atoms with Crippen LogP contribution in [0.1, 0.15) is 122 Å². The van der Waals surface area contributed by atoms with Crippen LogP contribution in [0.15, 0.2) is 83.3 Å². The number of nitrogens with two attached hydrogens (primary N) is 1. The summed E-state index contributed by atoms with van der Waals surface area (Å²) in [6.45, 7) is 25.8. The molecule has 2 aromatic carbocycles. The molecule has 1 aliphatic rings. The molecule has 1 heterocycles. The van der Waals surface area contributed by atoms with Gasteiger partial charge < -0.3 is 47.3 Å². The summed E-state index contributed by atoms with van der Waals surface area (Å²) in [5, 5.41) is 16.7. The summed E-state index contributed by atoms with van der Waals surface area (Å²) in [5.41, 5.74) is 3.59. The summed E-state index contributed by atoms with van der Waals surface area (Å²) in [4.78, 5) is 121. The maximum absolute atomic E-state index is 14.4. The lowest BCUT2D eigenvalue weighted by molar-refractivity contribution is -0.141. The molecule has 1 unspecified atom stereocenters. The highest BCUT2D eigenvalue weighted by atomic mass is 32.2. The van der Waals surface area contributed by atoms with Crippen molar-refractivity contribution in [2.24, 2.45) is 33.8 Å². The summed E-state index contributed by atoms with van der Waals surface area (Å²) in [6, 6.07) is 9.01. The van der Waals surface area contributed by atoms with Crippen molar-refractivity contribution < 1.29 is 56.3 Å². The number of nitrogens with zero attached hydrogens (tertiary/aromatic N) is 2. The van der Waals surface area contributed by atoms with Crippen LogP contribution in [0.5, 0.6) is 0 Å². The van der Waals surface area contributed by atoms with Gasteiger partial charge in [-0.2, -0.15) is 0 Å². The first-order chi connectivity index (χ1) is 37.8. The van der Waals surface area contributed by atoms with Crippen molar-refractivity contribution in [2.75, 3.05) is 45.7 Å². The number of hydrogen-bond acceptors (Lipinski definition) is 13. The Kier molecular flexibility index (Phi) is 24.8. The van der Waals surface area contributed by atoms with Crippen LogP contribution in [0.25, 0.3) is 0 Å². The van der Waals surface area contributed by atoms with E-state index in [4.69, 9.17) is 10.5 Å². The van der Waals surface area contributed by atoms with E-state index in [0.717, 1.165) is 10.5 Å². The zero-order valence-electron chi connectivity index (χ0n) is 50.7. The average molecular weight is 1160 g/mol. The van der Waals surface area contributed by atoms with E-state index < -0.39 is 115 Å². The molecule has 82 heavy (non-hydrogen) atoms. The fourth-order valence-electron chi connectivity index (χ4n) is 9.33. The zero-order valence-corrected chi connectivity index (χ0v) is 51.5. The molecule has 5 atom stereocenters. The molecule has 0 bridgehead atoms. The largest absolute Gasteiger partial charge is 0.380 e. The topological polar surface area (TPSA) is 314 Å². The van der Waals surface area contributed by atoms with E-state index in [0.29, 0.717) is 0 Å². The molecule has 0 fully saturated rings. The third-order valence-electron chi connectivity index (χ3n) is 14.1. The number of imide groups is 1. The van der Waals surface area contributed by atoms with Crippen LogP contribution in [-0.2, 0) is 58.5 Å².